The third-order valence-electron chi connectivity index (χ3n) is 10.4. The third kappa shape index (κ3) is 8.33. The van der Waals surface area contributed by atoms with Crippen molar-refractivity contribution in [1.82, 2.24) is 19.4 Å². The molecule has 9 nitrogen and oxygen atoms in total. The zero-order valence-electron chi connectivity index (χ0n) is 28.2. The van der Waals surface area contributed by atoms with Gasteiger partial charge in [0.05, 0.1) is 17.5 Å². The number of fused-ring (bicyclic) bond motifs is 3. The van der Waals surface area contributed by atoms with Crippen LogP contribution in [0.15, 0.2) is 34.2 Å². The topological polar surface area (TPSA) is 100 Å². The lowest BCUT2D eigenvalue weighted by Gasteiger charge is -2.54. The number of para-hydroxylation sites is 2. The van der Waals surface area contributed by atoms with Gasteiger partial charge in [-0.15, -0.1) is 0 Å². The van der Waals surface area contributed by atoms with Gasteiger partial charge in [-0.1, -0.05) is 44.5 Å². The number of oxime groups is 1. The fourth-order valence-corrected chi connectivity index (χ4v) is 8.83. The van der Waals surface area contributed by atoms with Crippen molar-refractivity contribution >= 4 is 22.7 Å². The highest BCUT2D eigenvalue weighted by molar-refractivity contribution is 6.00. The number of piperidine rings is 2. The Balaban J connectivity index is 1.47. The molecular formula is C36H55N5O4. The number of nitrogens with zero attached hydrogens (tertiary/aromatic N) is 5. The van der Waals surface area contributed by atoms with Crippen molar-refractivity contribution in [1.29, 1.82) is 0 Å². The second kappa shape index (κ2) is 15.2. The smallest absolute Gasteiger partial charge is 0.303 e. The molecule has 0 amide bonds. The Morgan fingerprint density at radius 1 is 0.933 bits per heavy atom. The Morgan fingerprint density at radius 3 is 2.22 bits per heavy atom. The summed E-state index contributed by atoms with van der Waals surface area (Å²) >= 11 is 0. The molecule has 0 unspecified atom stereocenters. The lowest BCUT2D eigenvalue weighted by atomic mass is 9.75. The average Bonchev–Trinajstić information content (AvgIpc) is 2.96. The minimum absolute atomic E-state index is 0.0564. The fraction of sp³-hybridized carbons (Fsp3) is 0.722. The monoisotopic (exact) mass is 621 g/mol. The van der Waals surface area contributed by atoms with Crippen molar-refractivity contribution in [3.63, 3.8) is 0 Å². The van der Waals surface area contributed by atoms with Crippen molar-refractivity contribution in [2.24, 2.45) is 22.9 Å². The molecule has 0 spiro atoms. The zero-order chi connectivity index (χ0) is 32.1. The van der Waals surface area contributed by atoms with Crippen LogP contribution in [0.1, 0.15) is 110 Å². The van der Waals surface area contributed by atoms with Gasteiger partial charge in [0.1, 0.15) is 12.3 Å². The SMILES string of the molecule is C[C@H]1C[C@@H](C)C[C@@H](N2[C@@H]3CCC[C@H]2C[C@@H](n2c(=O)c(/C(CCC(=O)O)=N/OCCCN(C)C)nc4ccccc42)C3)C[C@@H](C)C1. The molecule has 2 bridgehead atoms. The summed E-state index contributed by atoms with van der Waals surface area (Å²) in [5, 5.41) is 13.8. The number of benzene rings is 1. The molecule has 248 valence electrons. The summed E-state index contributed by atoms with van der Waals surface area (Å²) in [7, 11) is 4.00. The van der Waals surface area contributed by atoms with Crippen molar-refractivity contribution in [2.45, 2.75) is 122 Å². The van der Waals surface area contributed by atoms with Gasteiger partial charge in [-0.05, 0) is 102 Å². The summed E-state index contributed by atoms with van der Waals surface area (Å²) in [6, 6.07) is 9.45. The van der Waals surface area contributed by atoms with Gasteiger partial charge in [0, 0.05) is 37.1 Å². The van der Waals surface area contributed by atoms with E-state index in [-0.39, 0.29) is 30.1 Å². The van der Waals surface area contributed by atoms with E-state index in [1.165, 1.54) is 44.9 Å². The standard InChI is InChI=1S/C36H55N5O4/c1-24-18-25(2)20-29(21-26(3)19-24)40-27-10-8-11-28(40)23-30(22-27)41-33-13-7-6-12-31(33)37-35(36(41)44)32(14-15-34(42)43)38-45-17-9-16-39(4)5/h6-7,12-13,24-30H,8-11,14-23H2,1-5H3,(H,42,43)/b38-32+/t24-,25+,26-,27-,28+,29+,30+. The van der Waals surface area contributed by atoms with Crippen LogP contribution in [0.3, 0.4) is 0 Å². The molecule has 1 aromatic heterocycles. The Labute approximate surface area is 269 Å². The van der Waals surface area contributed by atoms with E-state index in [2.05, 4.69) is 35.7 Å². The molecule has 5 rings (SSSR count). The van der Waals surface area contributed by atoms with Gasteiger partial charge in [0.25, 0.3) is 5.56 Å². The molecule has 9 heteroatoms. The molecule has 3 heterocycles. The summed E-state index contributed by atoms with van der Waals surface area (Å²) in [5.41, 5.74) is 1.91. The maximum absolute atomic E-state index is 14.4. The quantitative estimate of drug-likeness (QED) is 0.178. The Hall–Kier alpha value is -2.78. The van der Waals surface area contributed by atoms with E-state index in [9.17, 15) is 14.7 Å². The highest BCUT2D eigenvalue weighted by atomic mass is 16.6. The first kappa shape index (κ1) is 33.6. The third-order valence-corrected chi connectivity index (χ3v) is 10.4. The molecule has 2 saturated heterocycles. The molecule has 1 N–H and O–H groups in total. The Kier molecular flexibility index (Phi) is 11.3. The number of carboxylic acid groups (broad SMARTS) is 1. The number of hydrogen-bond donors (Lipinski definition) is 1. The summed E-state index contributed by atoms with van der Waals surface area (Å²) < 4.78 is 1.98. The van der Waals surface area contributed by atoms with Gasteiger partial charge in [0.15, 0.2) is 5.69 Å². The number of hydrogen-bond acceptors (Lipinski definition) is 7. The van der Waals surface area contributed by atoms with Gasteiger partial charge in [0.2, 0.25) is 0 Å². The molecule has 2 aliphatic heterocycles. The predicted octanol–water partition coefficient (Wildman–Crippen LogP) is 6.34. The average molecular weight is 622 g/mol. The molecule has 7 atom stereocenters. The van der Waals surface area contributed by atoms with E-state index in [4.69, 9.17) is 9.82 Å². The molecule has 1 aromatic carbocycles. The van der Waals surface area contributed by atoms with Gasteiger partial charge in [-0.25, -0.2) is 4.98 Å². The van der Waals surface area contributed by atoms with Crippen molar-refractivity contribution in [3.8, 4) is 0 Å². The molecule has 3 aliphatic rings. The normalized spacial score (nSPS) is 29.8. The van der Waals surface area contributed by atoms with E-state index >= 15 is 0 Å². The molecule has 45 heavy (non-hydrogen) atoms. The number of rotatable bonds is 11. The minimum Gasteiger partial charge on any atom is -0.481 e. The minimum atomic E-state index is -0.941. The lowest BCUT2D eigenvalue weighted by Crippen LogP contribution is -2.58. The molecule has 3 fully saturated rings. The number of aliphatic carboxylic acids is 1. The largest absolute Gasteiger partial charge is 0.481 e. The number of aromatic nitrogens is 2. The maximum atomic E-state index is 14.4. The first-order chi connectivity index (χ1) is 21.6. The van der Waals surface area contributed by atoms with Gasteiger partial charge in [-0.3, -0.25) is 14.5 Å². The van der Waals surface area contributed by atoms with Crippen LogP contribution in [0.2, 0.25) is 0 Å². The molecule has 1 saturated carbocycles. The van der Waals surface area contributed by atoms with E-state index < -0.39 is 5.97 Å². The second-order valence-electron chi connectivity index (χ2n) is 14.8. The van der Waals surface area contributed by atoms with E-state index in [0.29, 0.717) is 30.4 Å². The highest BCUT2D eigenvalue weighted by Crippen LogP contribution is 2.44. The predicted molar refractivity (Wildman–Crippen MR) is 180 cm³/mol. The highest BCUT2D eigenvalue weighted by Gasteiger charge is 2.43. The number of carboxylic acids is 1. The van der Waals surface area contributed by atoms with Gasteiger partial charge < -0.3 is 19.4 Å². The maximum Gasteiger partial charge on any atom is 0.303 e. The van der Waals surface area contributed by atoms with Crippen LogP contribution in [0.5, 0.6) is 0 Å². The Bertz CT molecular complexity index is 1360. The fourth-order valence-electron chi connectivity index (χ4n) is 8.83. The van der Waals surface area contributed by atoms with E-state index in [0.717, 1.165) is 54.6 Å². The van der Waals surface area contributed by atoms with Crippen molar-refractivity contribution < 1.29 is 14.7 Å². The van der Waals surface area contributed by atoms with Crippen LogP contribution in [0.4, 0.5) is 0 Å². The van der Waals surface area contributed by atoms with Crippen LogP contribution in [0.25, 0.3) is 11.0 Å². The molecule has 1 aliphatic carbocycles. The van der Waals surface area contributed by atoms with Crippen LogP contribution < -0.4 is 5.56 Å². The van der Waals surface area contributed by atoms with Crippen LogP contribution in [0, 0.1) is 17.8 Å². The first-order valence-corrected chi connectivity index (χ1v) is 17.4. The summed E-state index contributed by atoms with van der Waals surface area (Å²) in [6.07, 6.45) is 11.4. The van der Waals surface area contributed by atoms with Gasteiger partial charge in [-0.2, -0.15) is 0 Å². The van der Waals surface area contributed by atoms with Crippen molar-refractivity contribution in [2.75, 3.05) is 27.2 Å². The summed E-state index contributed by atoms with van der Waals surface area (Å²) in [4.78, 5) is 41.4. The van der Waals surface area contributed by atoms with Gasteiger partial charge >= 0.3 is 5.97 Å². The second-order valence-corrected chi connectivity index (χ2v) is 14.8. The number of carbonyl (C=O) groups is 1. The lowest BCUT2D eigenvalue weighted by molar-refractivity contribution is -0.136. The zero-order valence-corrected chi connectivity index (χ0v) is 28.2. The summed E-state index contributed by atoms with van der Waals surface area (Å²) in [6.45, 7) is 8.55. The summed E-state index contributed by atoms with van der Waals surface area (Å²) in [5.74, 6) is 1.33. The van der Waals surface area contributed by atoms with Crippen molar-refractivity contribution in [3.05, 3.63) is 40.3 Å². The molecule has 2 aromatic rings. The van der Waals surface area contributed by atoms with E-state index in [1.807, 2.05) is 42.9 Å². The van der Waals surface area contributed by atoms with E-state index in [1.54, 1.807) is 0 Å². The molecular weight excluding hydrogens is 566 g/mol. The van der Waals surface area contributed by atoms with Crippen LogP contribution in [-0.4, -0.2) is 81.5 Å². The first-order valence-electron chi connectivity index (χ1n) is 17.4. The molecule has 0 radical (unpaired) electrons. The van der Waals surface area contributed by atoms with Crippen LogP contribution >= 0.6 is 0 Å². The van der Waals surface area contributed by atoms with Crippen LogP contribution in [-0.2, 0) is 9.63 Å². The Morgan fingerprint density at radius 2 is 1.58 bits per heavy atom.